The molecule has 0 aliphatic heterocycles. The van der Waals surface area contributed by atoms with Gasteiger partial charge in [-0.15, -0.1) is 0 Å². The number of aryl methyl sites for hydroxylation is 1. The number of carbonyl (C=O) groups excluding carboxylic acids is 2. The van der Waals surface area contributed by atoms with E-state index in [9.17, 15) is 9.59 Å². The number of esters is 1. The van der Waals surface area contributed by atoms with Gasteiger partial charge < -0.3 is 9.64 Å². The van der Waals surface area contributed by atoms with E-state index in [0.717, 1.165) is 11.1 Å². The number of carbonyl (C=O) groups is 2. The maximum absolute atomic E-state index is 13.2. The molecule has 28 heavy (non-hydrogen) atoms. The number of rotatable bonds is 6. The molecule has 0 aliphatic rings. The first-order valence-corrected chi connectivity index (χ1v) is 9.13. The summed E-state index contributed by atoms with van der Waals surface area (Å²) in [6.07, 6.45) is 3.40. The van der Waals surface area contributed by atoms with Crippen molar-refractivity contribution in [1.82, 2.24) is 4.98 Å². The number of aromatic nitrogens is 1. The molecule has 142 valence electrons. The molecule has 5 heteroatoms. The number of anilines is 1. The molecule has 0 bridgehead atoms. The second-order valence-corrected chi connectivity index (χ2v) is 6.38. The summed E-state index contributed by atoms with van der Waals surface area (Å²) < 4.78 is 5.03. The van der Waals surface area contributed by atoms with Crippen molar-refractivity contribution in [2.24, 2.45) is 0 Å². The van der Waals surface area contributed by atoms with Crippen LogP contribution in [-0.2, 0) is 11.3 Å². The van der Waals surface area contributed by atoms with E-state index < -0.39 is 0 Å². The fourth-order valence-electron chi connectivity index (χ4n) is 2.79. The van der Waals surface area contributed by atoms with Gasteiger partial charge in [0.2, 0.25) is 0 Å². The van der Waals surface area contributed by atoms with Crippen LogP contribution in [-0.4, -0.2) is 23.5 Å². The molecule has 3 aromatic rings. The summed E-state index contributed by atoms with van der Waals surface area (Å²) >= 11 is 0. The molecular formula is C23H22N2O3. The lowest BCUT2D eigenvalue weighted by molar-refractivity contribution is 0.0526. The van der Waals surface area contributed by atoms with Crippen LogP contribution < -0.4 is 4.90 Å². The van der Waals surface area contributed by atoms with Gasteiger partial charge in [-0.2, -0.15) is 0 Å². The van der Waals surface area contributed by atoms with Crippen molar-refractivity contribution in [3.63, 3.8) is 0 Å². The Balaban J connectivity index is 1.92. The minimum absolute atomic E-state index is 0.110. The number of hydrogen-bond donors (Lipinski definition) is 0. The van der Waals surface area contributed by atoms with Crippen LogP contribution in [0.2, 0.25) is 0 Å². The van der Waals surface area contributed by atoms with Gasteiger partial charge in [0, 0.05) is 23.6 Å². The summed E-state index contributed by atoms with van der Waals surface area (Å²) in [5.41, 5.74) is 3.82. The summed E-state index contributed by atoms with van der Waals surface area (Å²) in [7, 11) is 0. The molecule has 0 N–H and O–H groups in total. The zero-order chi connectivity index (χ0) is 19.9. The summed E-state index contributed by atoms with van der Waals surface area (Å²) in [5.74, 6) is -0.486. The normalized spacial score (nSPS) is 10.4. The number of nitrogens with zero attached hydrogens (tertiary/aromatic N) is 2. The highest BCUT2D eigenvalue weighted by molar-refractivity contribution is 6.06. The Bertz CT molecular complexity index is 936. The number of ether oxygens (including phenoxy) is 1. The zero-order valence-electron chi connectivity index (χ0n) is 16.0. The van der Waals surface area contributed by atoms with Gasteiger partial charge in [-0.05, 0) is 67.9 Å². The number of pyridine rings is 1. The third kappa shape index (κ3) is 4.62. The topological polar surface area (TPSA) is 59.5 Å². The molecule has 0 spiro atoms. The van der Waals surface area contributed by atoms with E-state index in [1.54, 1.807) is 48.5 Å². The summed E-state index contributed by atoms with van der Waals surface area (Å²) in [6.45, 7) is 4.47. The van der Waals surface area contributed by atoms with Crippen LogP contribution in [0.5, 0.6) is 0 Å². The maximum atomic E-state index is 13.2. The molecule has 0 saturated carbocycles. The van der Waals surface area contributed by atoms with Crippen molar-refractivity contribution in [2.75, 3.05) is 11.5 Å². The van der Waals surface area contributed by atoms with Crippen LogP contribution in [0.4, 0.5) is 5.69 Å². The summed E-state index contributed by atoms with van der Waals surface area (Å²) in [4.78, 5) is 30.8. The second-order valence-electron chi connectivity index (χ2n) is 6.38. The van der Waals surface area contributed by atoms with E-state index in [0.29, 0.717) is 30.0 Å². The first kappa shape index (κ1) is 19.3. The van der Waals surface area contributed by atoms with Gasteiger partial charge in [0.1, 0.15) is 0 Å². The predicted molar refractivity (Wildman–Crippen MR) is 108 cm³/mol. The van der Waals surface area contributed by atoms with E-state index in [1.165, 1.54) is 0 Å². The Morgan fingerprint density at radius 2 is 1.50 bits per heavy atom. The van der Waals surface area contributed by atoms with Crippen LogP contribution in [0, 0.1) is 6.92 Å². The SMILES string of the molecule is CCOC(=O)c1ccc(N(Cc2ccncc2)C(=O)c2ccc(C)cc2)cc1. The Hall–Kier alpha value is -3.47. The number of amides is 1. The quantitative estimate of drug-likeness (QED) is 0.600. The van der Waals surface area contributed by atoms with E-state index in [4.69, 9.17) is 4.74 Å². The van der Waals surface area contributed by atoms with Gasteiger partial charge in [-0.25, -0.2) is 4.79 Å². The van der Waals surface area contributed by atoms with Crippen LogP contribution >= 0.6 is 0 Å². The van der Waals surface area contributed by atoms with Crippen LogP contribution in [0.1, 0.15) is 38.8 Å². The standard InChI is InChI=1S/C23H22N2O3/c1-3-28-23(27)20-8-10-21(11-9-20)25(16-18-12-14-24-15-13-18)22(26)19-6-4-17(2)5-7-19/h4-15H,3,16H2,1-2H3. The lowest BCUT2D eigenvalue weighted by Crippen LogP contribution is -2.30. The minimum atomic E-state index is -0.375. The van der Waals surface area contributed by atoms with Gasteiger partial charge >= 0.3 is 5.97 Å². The van der Waals surface area contributed by atoms with Crippen LogP contribution in [0.15, 0.2) is 73.1 Å². The lowest BCUT2D eigenvalue weighted by Gasteiger charge is -2.23. The average Bonchev–Trinajstić information content (AvgIpc) is 2.73. The molecule has 0 saturated heterocycles. The highest BCUT2D eigenvalue weighted by Gasteiger charge is 2.19. The number of benzene rings is 2. The molecule has 2 aromatic carbocycles. The third-order valence-corrected chi connectivity index (χ3v) is 4.32. The van der Waals surface area contributed by atoms with Gasteiger partial charge in [0.05, 0.1) is 18.7 Å². The number of hydrogen-bond acceptors (Lipinski definition) is 4. The van der Waals surface area contributed by atoms with Gasteiger partial charge in [-0.3, -0.25) is 9.78 Å². The fourth-order valence-corrected chi connectivity index (χ4v) is 2.79. The Morgan fingerprint density at radius 3 is 2.11 bits per heavy atom. The van der Waals surface area contributed by atoms with Crippen LogP contribution in [0.3, 0.4) is 0 Å². The molecule has 1 amide bonds. The van der Waals surface area contributed by atoms with Crippen molar-refractivity contribution in [2.45, 2.75) is 20.4 Å². The minimum Gasteiger partial charge on any atom is -0.462 e. The van der Waals surface area contributed by atoms with Crippen molar-refractivity contribution in [3.8, 4) is 0 Å². The first-order chi connectivity index (χ1) is 13.6. The second kappa shape index (κ2) is 8.95. The van der Waals surface area contributed by atoms with Gasteiger partial charge in [0.25, 0.3) is 5.91 Å². The molecule has 0 radical (unpaired) electrons. The largest absolute Gasteiger partial charge is 0.462 e. The van der Waals surface area contributed by atoms with E-state index in [1.807, 2.05) is 43.3 Å². The highest BCUT2D eigenvalue weighted by Crippen LogP contribution is 2.21. The molecule has 0 unspecified atom stereocenters. The van der Waals surface area contributed by atoms with Crippen molar-refractivity contribution in [1.29, 1.82) is 0 Å². The van der Waals surface area contributed by atoms with Crippen LogP contribution in [0.25, 0.3) is 0 Å². The van der Waals surface area contributed by atoms with Gasteiger partial charge in [0.15, 0.2) is 0 Å². The smallest absolute Gasteiger partial charge is 0.338 e. The lowest BCUT2D eigenvalue weighted by atomic mass is 10.1. The molecule has 0 fully saturated rings. The maximum Gasteiger partial charge on any atom is 0.338 e. The predicted octanol–water partition coefficient (Wildman–Crippen LogP) is 4.41. The molecule has 5 nitrogen and oxygen atoms in total. The highest BCUT2D eigenvalue weighted by atomic mass is 16.5. The third-order valence-electron chi connectivity index (χ3n) is 4.32. The van der Waals surface area contributed by atoms with Crippen molar-refractivity contribution >= 4 is 17.6 Å². The Kier molecular flexibility index (Phi) is 6.17. The van der Waals surface area contributed by atoms with E-state index >= 15 is 0 Å². The summed E-state index contributed by atoms with van der Waals surface area (Å²) in [6, 6.07) is 18.1. The van der Waals surface area contributed by atoms with Gasteiger partial charge in [-0.1, -0.05) is 17.7 Å². The Labute approximate surface area is 164 Å². The molecule has 1 heterocycles. The molecule has 1 aromatic heterocycles. The zero-order valence-corrected chi connectivity index (χ0v) is 16.0. The fraction of sp³-hybridized carbons (Fsp3) is 0.174. The van der Waals surface area contributed by atoms with Crippen molar-refractivity contribution in [3.05, 3.63) is 95.3 Å². The van der Waals surface area contributed by atoms with Crippen molar-refractivity contribution < 1.29 is 14.3 Å². The monoisotopic (exact) mass is 374 g/mol. The summed E-state index contributed by atoms with van der Waals surface area (Å²) in [5, 5.41) is 0. The Morgan fingerprint density at radius 1 is 0.893 bits per heavy atom. The molecule has 0 aliphatic carbocycles. The first-order valence-electron chi connectivity index (χ1n) is 9.13. The molecule has 0 atom stereocenters. The average molecular weight is 374 g/mol. The molecular weight excluding hydrogens is 352 g/mol. The van der Waals surface area contributed by atoms with E-state index in [2.05, 4.69) is 4.98 Å². The van der Waals surface area contributed by atoms with E-state index in [-0.39, 0.29) is 11.9 Å². The molecule has 3 rings (SSSR count).